The number of pyridine rings is 1. The SMILES string of the molecule is COC(=O)c1c(Cc2ccc(C(=O)NC3CCOCC3)cc2)c(=O)c2ccc(Cl)cc2n1-c1ccccc1. The van der Waals surface area contributed by atoms with Crippen molar-refractivity contribution in [3.05, 3.63) is 110 Å². The summed E-state index contributed by atoms with van der Waals surface area (Å²) in [7, 11) is 1.29. The molecule has 2 heterocycles. The zero-order valence-electron chi connectivity index (χ0n) is 20.9. The summed E-state index contributed by atoms with van der Waals surface area (Å²) < 4.78 is 12.2. The van der Waals surface area contributed by atoms with E-state index in [-0.39, 0.29) is 29.5 Å². The molecule has 4 aromatic rings. The summed E-state index contributed by atoms with van der Waals surface area (Å²) in [5, 5.41) is 3.93. The Balaban J connectivity index is 1.57. The van der Waals surface area contributed by atoms with E-state index in [0.717, 1.165) is 18.4 Å². The molecular weight excluding hydrogens is 504 g/mol. The third-order valence-corrected chi connectivity index (χ3v) is 7.01. The van der Waals surface area contributed by atoms with Gasteiger partial charge in [0.25, 0.3) is 5.91 Å². The van der Waals surface area contributed by atoms with Crippen molar-refractivity contribution in [1.82, 2.24) is 9.88 Å². The van der Waals surface area contributed by atoms with Gasteiger partial charge in [0.15, 0.2) is 5.43 Å². The van der Waals surface area contributed by atoms with Gasteiger partial charge in [0.1, 0.15) is 5.69 Å². The lowest BCUT2D eigenvalue weighted by Gasteiger charge is -2.23. The minimum atomic E-state index is -0.629. The predicted octanol–water partition coefficient (Wildman–Crippen LogP) is 4.93. The lowest BCUT2D eigenvalue weighted by Crippen LogP contribution is -2.38. The van der Waals surface area contributed by atoms with Crippen LogP contribution in [0, 0.1) is 0 Å². The number of methoxy groups -OCH3 is 1. The Bertz CT molecular complexity index is 1540. The van der Waals surface area contributed by atoms with Gasteiger partial charge < -0.3 is 19.4 Å². The van der Waals surface area contributed by atoms with E-state index in [0.29, 0.717) is 46.0 Å². The molecule has 1 aliphatic heterocycles. The molecule has 8 heteroatoms. The first-order valence-corrected chi connectivity index (χ1v) is 12.8. The molecule has 0 radical (unpaired) electrons. The monoisotopic (exact) mass is 530 g/mol. The van der Waals surface area contributed by atoms with Crippen molar-refractivity contribution in [2.75, 3.05) is 20.3 Å². The summed E-state index contributed by atoms with van der Waals surface area (Å²) in [5.74, 6) is -0.775. The number of carbonyl (C=O) groups is 2. The molecule has 1 saturated heterocycles. The first kappa shape index (κ1) is 25.7. The standard InChI is InChI=1S/C30H27ClN2O5/c1-37-30(36)27-25(17-19-7-9-20(10-8-19)29(35)32-22-13-15-38-16-14-22)28(34)24-12-11-21(31)18-26(24)33(27)23-5-3-2-4-6-23/h2-12,18,22H,13-17H2,1H3,(H,32,35). The number of nitrogens with zero attached hydrogens (tertiary/aromatic N) is 1. The van der Waals surface area contributed by atoms with Crippen LogP contribution in [0.2, 0.25) is 5.02 Å². The number of fused-ring (bicyclic) bond motifs is 1. The van der Waals surface area contributed by atoms with Gasteiger partial charge in [-0.25, -0.2) is 4.79 Å². The average Bonchev–Trinajstić information content (AvgIpc) is 2.95. The van der Waals surface area contributed by atoms with E-state index in [2.05, 4.69) is 5.32 Å². The molecule has 0 unspecified atom stereocenters. The maximum absolute atomic E-state index is 13.7. The average molecular weight is 531 g/mol. The van der Waals surface area contributed by atoms with Gasteiger partial charge >= 0.3 is 5.97 Å². The highest BCUT2D eigenvalue weighted by atomic mass is 35.5. The number of esters is 1. The van der Waals surface area contributed by atoms with E-state index in [1.807, 2.05) is 30.3 Å². The Morgan fingerprint density at radius 1 is 1.03 bits per heavy atom. The minimum absolute atomic E-state index is 0.0982. The van der Waals surface area contributed by atoms with Crippen LogP contribution in [0.15, 0.2) is 77.6 Å². The van der Waals surface area contributed by atoms with Gasteiger partial charge in [-0.05, 0) is 60.9 Å². The fourth-order valence-corrected chi connectivity index (χ4v) is 4.98. The lowest BCUT2D eigenvalue weighted by molar-refractivity contribution is 0.0589. The molecule has 0 aliphatic carbocycles. The van der Waals surface area contributed by atoms with Gasteiger partial charge in [0.05, 0.1) is 12.6 Å². The van der Waals surface area contributed by atoms with E-state index in [1.165, 1.54) is 7.11 Å². The van der Waals surface area contributed by atoms with Crippen LogP contribution in [-0.2, 0) is 15.9 Å². The number of ether oxygens (including phenoxy) is 2. The maximum atomic E-state index is 13.7. The molecular formula is C30H27ClN2O5. The largest absolute Gasteiger partial charge is 0.464 e. The van der Waals surface area contributed by atoms with Crippen LogP contribution in [0.1, 0.15) is 44.8 Å². The Morgan fingerprint density at radius 2 is 1.74 bits per heavy atom. The van der Waals surface area contributed by atoms with E-state index in [1.54, 1.807) is 47.0 Å². The number of benzene rings is 3. The molecule has 7 nitrogen and oxygen atoms in total. The molecule has 0 bridgehead atoms. The highest BCUT2D eigenvalue weighted by Gasteiger charge is 2.25. The summed E-state index contributed by atoms with van der Waals surface area (Å²) in [4.78, 5) is 39.6. The van der Waals surface area contributed by atoms with Crippen LogP contribution in [0.5, 0.6) is 0 Å². The Morgan fingerprint density at radius 3 is 2.42 bits per heavy atom. The number of halogens is 1. The van der Waals surface area contributed by atoms with Crippen molar-refractivity contribution in [1.29, 1.82) is 0 Å². The van der Waals surface area contributed by atoms with Gasteiger partial charge in [-0.15, -0.1) is 0 Å². The number of rotatable bonds is 6. The number of carbonyl (C=O) groups excluding carboxylic acids is 2. The molecule has 1 fully saturated rings. The van der Waals surface area contributed by atoms with Crippen LogP contribution in [0.25, 0.3) is 16.6 Å². The summed E-state index contributed by atoms with van der Waals surface area (Å²) in [5.41, 5.74) is 2.69. The molecule has 1 amide bonds. The topological polar surface area (TPSA) is 86.6 Å². The molecule has 1 aromatic heterocycles. The molecule has 38 heavy (non-hydrogen) atoms. The van der Waals surface area contributed by atoms with Crippen LogP contribution >= 0.6 is 11.6 Å². The van der Waals surface area contributed by atoms with E-state index < -0.39 is 5.97 Å². The van der Waals surface area contributed by atoms with Crippen molar-refractivity contribution in [2.24, 2.45) is 0 Å². The molecule has 1 aliphatic rings. The predicted molar refractivity (Wildman–Crippen MR) is 146 cm³/mol. The van der Waals surface area contributed by atoms with Crippen molar-refractivity contribution in [3.8, 4) is 5.69 Å². The Labute approximate surface area is 225 Å². The number of hydrogen-bond donors (Lipinski definition) is 1. The van der Waals surface area contributed by atoms with Crippen LogP contribution in [0.4, 0.5) is 0 Å². The molecule has 0 atom stereocenters. The fourth-order valence-electron chi connectivity index (χ4n) is 4.82. The van der Waals surface area contributed by atoms with E-state index >= 15 is 0 Å². The summed E-state index contributed by atoms with van der Waals surface area (Å²) >= 11 is 6.30. The second kappa shape index (κ2) is 11.2. The van der Waals surface area contributed by atoms with Gasteiger partial charge in [0, 0.05) is 52.9 Å². The zero-order chi connectivity index (χ0) is 26.6. The molecule has 0 saturated carbocycles. The van der Waals surface area contributed by atoms with E-state index in [4.69, 9.17) is 21.1 Å². The second-order valence-electron chi connectivity index (χ2n) is 9.21. The number of nitrogens with one attached hydrogen (secondary N) is 1. The minimum Gasteiger partial charge on any atom is -0.464 e. The maximum Gasteiger partial charge on any atom is 0.355 e. The molecule has 1 N–H and O–H groups in total. The van der Waals surface area contributed by atoms with Crippen LogP contribution < -0.4 is 10.7 Å². The van der Waals surface area contributed by atoms with E-state index in [9.17, 15) is 14.4 Å². The molecule has 0 spiro atoms. The fraction of sp³-hybridized carbons (Fsp3) is 0.233. The first-order chi connectivity index (χ1) is 18.5. The van der Waals surface area contributed by atoms with Gasteiger partial charge in [0.2, 0.25) is 0 Å². The van der Waals surface area contributed by atoms with Gasteiger partial charge in [-0.1, -0.05) is 41.9 Å². The normalized spacial score (nSPS) is 13.8. The first-order valence-electron chi connectivity index (χ1n) is 12.4. The summed E-state index contributed by atoms with van der Waals surface area (Å²) in [6.07, 6.45) is 1.76. The van der Waals surface area contributed by atoms with Crippen molar-refractivity contribution in [2.45, 2.75) is 25.3 Å². The highest BCUT2D eigenvalue weighted by molar-refractivity contribution is 6.31. The third-order valence-electron chi connectivity index (χ3n) is 6.78. The number of para-hydroxylation sites is 1. The smallest absolute Gasteiger partial charge is 0.355 e. The van der Waals surface area contributed by atoms with Crippen molar-refractivity contribution in [3.63, 3.8) is 0 Å². The summed E-state index contributed by atoms with van der Waals surface area (Å²) in [6.45, 7) is 1.29. The van der Waals surface area contributed by atoms with Crippen molar-refractivity contribution < 1.29 is 19.1 Å². The molecule has 194 valence electrons. The number of amides is 1. The van der Waals surface area contributed by atoms with Gasteiger partial charge in [-0.2, -0.15) is 0 Å². The molecule has 3 aromatic carbocycles. The van der Waals surface area contributed by atoms with Crippen molar-refractivity contribution >= 4 is 34.4 Å². The van der Waals surface area contributed by atoms with Gasteiger partial charge in [-0.3, -0.25) is 9.59 Å². The zero-order valence-corrected chi connectivity index (χ0v) is 21.7. The quantitative estimate of drug-likeness (QED) is 0.357. The highest BCUT2D eigenvalue weighted by Crippen LogP contribution is 2.26. The summed E-state index contributed by atoms with van der Waals surface area (Å²) in [6, 6.07) is 21.5. The van der Waals surface area contributed by atoms with Crippen LogP contribution in [0.3, 0.4) is 0 Å². The lowest BCUT2D eigenvalue weighted by atomic mass is 9.98. The Kier molecular flexibility index (Phi) is 7.58. The molecule has 5 rings (SSSR count). The number of aromatic nitrogens is 1. The third kappa shape index (κ3) is 5.21. The second-order valence-corrected chi connectivity index (χ2v) is 9.65. The Hall–Kier alpha value is -3.94. The van der Waals surface area contributed by atoms with Crippen LogP contribution in [-0.4, -0.2) is 42.8 Å². The number of hydrogen-bond acceptors (Lipinski definition) is 5.